The molecule has 2 amide bonds. The molecule has 1 heterocycles. The zero-order valence-electron chi connectivity index (χ0n) is 15.3. The van der Waals surface area contributed by atoms with E-state index in [1.807, 2.05) is 54.3 Å². The van der Waals surface area contributed by atoms with Gasteiger partial charge in [0.15, 0.2) is 0 Å². The fourth-order valence-corrected chi connectivity index (χ4v) is 3.42. The summed E-state index contributed by atoms with van der Waals surface area (Å²) >= 11 is 0. The second-order valence-corrected chi connectivity index (χ2v) is 6.93. The van der Waals surface area contributed by atoms with E-state index in [0.29, 0.717) is 18.9 Å². The maximum absolute atomic E-state index is 12.3. The fraction of sp³-hybridized carbons (Fsp3) is 0.429. The molecule has 5 nitrogen and oxygen atoms in total. The summed E-state index contributed by atoms with van der Waals surface area (Å²) in [5.74, 6) is 0.219. The first kappa shape index (κ1) is 18.2. The molecule has 5 heteroatoms. The Balaban J connectivity index is 1.42. The van der Waals surface area contributed by atoms with Gasteiger partial charge in [-0.1, -0.05) is 31.2 Å². The fourth-order valence-electron chi connectivity index (χ4n) is 3.42. The molecule has 26 heavy (non-hydrogen) atoms. The quantitative estimate of drug-likeness (QED) is 0.825. The lowest BCUT2D eigenvalue weighted by Crippen LogP contribution is -2.44. The van der Waals surface area contributed by atoms with Gasteiger partial charge in [-0.2, -0.15) is 0 Å². The van der Waals surface area contributed by atoms with Gasteiger partial charge in [-0.3, -0.25) is 9.59 Å². The lowest BCUT2D eigenvalue weighted by atomic mass is 10.0. The normalized spacial score (nSPS) is 17.5. The van der Waals surface area contributed by atoms with Gasteiger partial charge >= 0.3 is 0 Å². The van der Waals surface area contributed by atoms with Gasteiger partial charge < -0.3 is 15.5 Å². The van der Waals surface area contributed by atoms with Crippen LogP contribution in [0.2, 0.25) is 0 Å². The predicted molar refractivity (Wildman–Crippen MR) is 104 cm³/mol. The number of likely N-dealkylation sites (tertiary alicyclic amines) is 1. The molecule has 1 aliphatic heterocycles. The zero-order valence-corrected chi connectivity index (χ0v) is 15.3. The Morgan fingerprint density at radius 3 is 2.54 bits per heavy atom. The molecule has 1 aromatic carbocycles. The van der Waals surface area contributed by atoms with Crippen molar-refractivity contribution < 1.29 is 9.59 Å². The standard InChI is InChI=1S/C21H27N3O2/c1-2-6-20(25)24-13-11-18(12-14-24)22-19-10-9-16(15-19)21(26)23-17-7-4-3-5-8-17/h3-5,7-10,18,22H,2,6,11-15H2,1H3,(H,23,26). The number of anilines is 1. The Morgan fingerprint density at radius 2 is 1.85 bits per heavy atom. The first-order valence-electron chi connectivity index (χ1n) is 9.46. The molecule has 1 aromatic rings. The minimum Gasteiger partial charge on any atom is -0.385 e. The van der Waals surface area contributed by atoms with Crippen molar-refractivity contribution in [3.8, 4) is 0 Å². The Kier molecular flexibility index (Phi) is 6.10. The van der Waals surface area contributed by atoms with E-state index in [2.05, 4.69) is 10.6 Å². The number of benzene rings is 1. The molecule has 0 atom stereocenters. The van der Waals surface area contributed by atoms with E-state index in [9.17, 15) is 9.59 Å². The first-order valence-corrected chi connectivity index (χ1v) is 9.46. The summed E-state index contributed by atoms with van der Waals surface area (Å²) in [5.41, 5.74) is 2.66. The number of hydrogen-bond acceptors (Lipinski definition) is 3. The average Bonchev–Trinajstić information content (AvgIpc) is 3.12. The van der Waals surface area contributed by atoms with Crippen LogP contribution in [0.1, 0.15) is 39.0 Å². The second-order valence-electron chi connectivity index (χ2n) is 6.93. The van der Waals surface area contributed by atoms with Crippen LogP contribution in [-0.2, 0) is 9.59 Å². The minimum atomic E-state index is -0.0516. The van der Waals surface area contributed by atoms with Gasteiger partial charge in [0.1, 0.15) is 0 Å². The van der Waals surface area contributed by atoms with Crippen LogP contribution in [0.4, 0.5) is 5.69 Å². The van der Waals surface area contributed by atoms with Crippen molar-refractivity contribution in [1.29, 1.82) is 0 Å². The summed E-state index contributed by atoms with van der Waals surface area (Å²) in [6, 6.07) is 9.87. The average molecular weight is 353 g/mol. The van der Waals surface area contributed by atoms with E-state index in [1.54, 1.807) is 0 Å². The molecule has 0 aromatic heterocycles. The highest BCUT2D eigenvalue weighted by atomic mass is 16.2. The van der Waals surface area contributed by atoms with Crippen molar-refractivity contribution >= 4 is 17.5 Å². The Bertz CT molecular complexity index is 701. The largest absolute Gasteiger partial charge is 0.385 e. The van der Waals surface area contributed by atoms with E-state index in [4.69, 9.17) is 0 Å². The number of rotatable bonds is 6. The van der Waals surface area contributed by atoms with Gasteiger partial charge in [0.05, 0.1) is 0 Å². The molecule has 2 aliphatic rings. The molecule has 3 rings (SSSR count). The highest BCUT2D eigenvalue weighted by Crippen LogP contribution is 2.21. The van der Waals surface area contributed by atoms with Gasteiger partial charge in [0.2, 0.25) is 5.91 Å². The third-order valence-electron chi connectivity index (χ3n) is 4.89. The predicted octanol–water partition coefficient (Wildman–Crippen LogP) is 3.22. The van der Waals surface area contributed by atoms with Crippen molar-refractivity contribution in [1.82, 2.24) is 10.2 Å². The number of piperidine rings is 1. The van der Waals surface area contributed by atoms with Gasteiger partial charge in [-0.05, 0) is 37.5 Å². The number of amides is 2. The Morgan fingerprint density at radius 1 is 1.12 bits per heavy atom. The van der Waals surface area contributed by atoms with Crippen LogP contribution in [0, 0.1) is 0 Å². The number of para-hydroxylation sites is 1. The molecular weight excluding hydrogens is 326 g/mol. The summed E-state index contributed by atoms with van der Waals surface area (Å²) in [5, 5.41) is 6.47. The third-order valence-corrected chi connectivity index (χ3v) is 4.89. The monoisotopic (exact) mass is 353 g/mol. The van der Waals surface area contributed by atoms with E-state index in [-0.39, 0.29) is 11.8 Å². The van der Waals surface area contributed by atoms with Gasteiger partial charge in [-0.25, -0.2) is 0 Å². The van der Waals surface area contributed by atoms with Crippen LogP contribution in [0.25, 0.3) is 0 Å². The summed E-state index contributed by atoms with van der Waals surface area (Å²) < 4.78 is 0. The third kappa shape index (κ3) is 4.75. The molecule has 2 N–H and O–H groups in total. The smallest absolute Gasteiger partial charge is 0.251 e. The van der Waals surface area contributed by atoms with Crippen molar-refractivity contribution in [2.45, 2.75) is 45.1 Å². The summed E-state index contributed by atoms with van der Waals surface area (Å²) in [7, 11) is 0. The lowest BCUT2D eigenvalue weighted by Gasteiger charge is -2.33. The molecule has 138 valence electrons. The van der Waals surface area contributed by atoms with Crippen molar-refractivity contribution in [3.63, 3.8) is 0 Å². The molecule has 0 bridgehead atoms. The van der Waals surface area contributed by atoms with E-state index >= 15 is 0 Å². The highest BCUT2D eigenvalue weighted by Gasteiger charge is 2.24. The number of nitrogens with zero attached hydrogens (tertiary/aromatic N) is 1. The Hall–Kier alpha value is -2.56. The summed E-state index contributed by atoms with van der Waals surface area (Å²) in [6.07, 6.45) is 7.98. The van der Waals surface area contributed by atoms with Crippen LogP contribution < -0.4 is 10.6 Å². The second kappa shape index (κ2) is 8.70. The molecule has 1 saturated heterocycles. The molecule has 0 unspecified atom stereocenters. The van der Waals surface area contributed by atoms with Gasteiger partial charge in [0, 0.05) is 48.9 Å². The van der Waals surface area contributed by atoms with Crippen LogP contribution in [0.3, 0.4) is 0 Å². The van der Waals surface area contributed by atoms with Crippen LogP contribution in [0.15, 0.2) is 53.8 Å². The summed E-state index contributed by atoms with van der Waals surface area (Å²) in [4.78, 5) is 26.3. The van der Waals surface area contributed by atoms with E-state index in [1.165, 1.54) is 0 Å². The van der Waals surface area contributed by atoms with E-state index in [0.717, 1.165) is 49.3 Å². The molecule has 0 saturated carbocycles. The molecule has 0 radical (unpaired) electrons. The number of carbonyl (C=O) groups is 2. The Labute approximate surface area is 155 Å². The number of hydrogen-bond donors (Lipinski definition) is 2. The molecule has 1 aliphatic carbocycles. The zero-order chi connectivity index (χ0) is 18.4. The number of carbonyl (C=O) groups excluding carboxylic acids is 2. The maximum atomic E-state index is 12.3. The van der Waals surface area contributed by atoms with Crippen LogP contribution >= 0.6 is 0 Å². The number of allylic oxidation sites excluding steroid dienone is 3. The lowest BCUT2D eigenvalue weighted by molar-refractivity contribution is -0.132. The highest BCUT2D eigenvalue weighted by molar-refractivity contribution is 6.04. The van der Waals surface area contributed by atoms with Crippen LogP contribution in [-0.4, -0.2) is 35.8 Å². The molecular formula is C21H27N3O2. The topological polar surface area (TPSA) is 61.4 Å². The minimum absolute atomic E-state index is 0.0516. The molecule has 0 spiro atoms. The van der Waals surface area contributed by atoms with Crippen molar-refractivity contribution in [2.24, 2.45) is 0 Å². The van der Waals surface area contributed by atoms with Gasteiger partial charge in [-0.15, -0.1) is 0 Å². The van der Waals surface area contributed by atoms with Crippen molar-refractivity contribution in [2.75, 3.05) is 18.4 Å². The SMILES string of the molecule is CCCC(=O)N1CCC(NC2=CC=C(C(=O)Nc3ccccc3)C2)CC1. The molecule has 1 fully saturated rings. The van der Waals surface area contributed by atoms with Gasteiger partial charge in [0.25, 0.3) is 5.91 Å². The maximum Gasteiger partial charge on any atom is 0.251 e. The van der Waals surface area contributed by atoms with Crippen LogP contribution in [0.5, 0.6) is 0 Å². The van der Waals surface area contributed by atoms with Crippen molar-refractivity contribution in [3.05, 3.63) is 53.8 Å². The van der Waals surface area contributed by atoms with E-state index < -0.39 is 0 Å². The first-order chi connectivity index (χ1) is 12.7. The summed E-state index contributed by atoms with van der Waals surface area (Å²) in [6.45, 7) is 3.68. The number of nitrogens with one attached hydrogen (secondary N) is 2.